The van der Waals surface area contributed by atoms with Crippen LogP contribution in [0.1, 0.15) is 18.1 Å². The fourth-order valence-corrected chi connectivity index (χ4v) is 2.84. The molecule has 2 rings (SSSR count). The van der Waals surface area contributed by atoms with Crippen LogP contribution in [0.25, 0.3) is 0 Å². The summed E-state index contributed by atoms with van der Waals surface area (Å²) >= 11 is 0. The average molecular weight is 401 g/mol. The lowest BCUT2D eigenvalue weighted by atomic mass is 9.87. The van der Waals surface area contributed by atoms with Crippen LogP contribution in [0.2, 0.25) is 0 Å². The first-order chi connectivity index (χ1) is 12.2. The van der Waals surface area contributed by atoms with Crippen LogP contribution >= 0.6 is 0 Å². The van der Waals surface area contributed by atoms with E-state index in [1.54, 1.807) is 0 Å². The molecule has 0 spiro atoms. The maximum atomic E-state index is 13.4. The van der Waals surface area contributed by atoms with E-state index in [0.29, 0.717) is 24.1 Å². The maximum absolute atomic E-state index is 13.4. The van der Waals surface area contributed by atoms with E-state index in [-0.39, 0.29) is 12.6 Å². The molecule has 1 aliphatic rings. The topological polar surface area (TPSA) is 87.1 Å². The number of hydrogen-bond donors (Lipinski definition) is 2. The lowest BCUT2D eigenvalue weighted by molar-refractivity contribution is -0.267. The molecule has 0 fully saturated rings. The molecule has 27 heavy (non-hydrogen) atoms. The van der Waals surface area contributed by atoms with Gasteiger partial charge in [0.25, 0.3) is 17.1 Å². The molecule has 0 aromatic heterocycles. The van der Waals surface area contributed by atoms with Gasteiger partial charge in [0.15, 0.2) is 0 Å². The van der Waals surface area contributed by atoms with Crippen LogP contribution in [-0.4, -0.2) is 48.1 Å². The first-order valence-corrected chi connectivity index (χ1v) is 7.31. The summed E-state index contributed by atoms with van der Waals surface area (Å²) in [6, 6.07) is 1.33. The van der Waals surface area contributed by atoms with Gasteiger partial charge >= 0.3 is 18.3 Å². The molecule has 0 bridgehead atoms. The highest BCUT2D eigenvalue weighted by Gasteiger charge is 2.68. The van der Waals surface area contributed by atoms with Crippen LogP contribution in [0, 0.1) is 0 Å². The molecule has 1 aliphatic heterocycles. The van der Waals surface area contributed by atoms with Crippen molar-refractivity contribution in [1.82, 2.24) is 0 Å². The minimum absolute atomic E-state index is 0.126. The summed E-state index contributed by atoms with van der Waals surface area (Å²) in [6.45, 7) is 0.975. The zero-order valence-electron chi connectivity index (χ0n) is 13.8. The molecule has 150 valence electrons. The fourth-order valence-electron chi connectivity index (χ4n) is 2.84. The number of nitrogens with zero attached hydrogens (tertiary/aromatic N) is 1. The number of esters is 1. The van der Waals surface area contributed by atoms with Crippen LogP contribution in [0.3, 0.4) is 0 Å². The van der Waals surface area contributed by atoms with Gasteiger partial charge in [0.2, 0.25) is 0 Å². The van der Waals surface area contributed by atoms with E-state index >= 15 is 0 Å². The second kappa shape index (κ2) is 6.09. The van der Waals surface area contributed by atoms with Gasteiger partial charge < -0.3 is 19.8 Å². The number of hydrogen-bond acceptors (Lipinski definition) is 5. The van der Waals surface area contributed by atoms with Gasteiger partial charge in [0.1, 0.15) is 0 Å². The Balaban J connectivity index is 2.82. The molecule has 0 saturated heterocycles. The lowest BCUT2D eigenvalue weighted by Crippen LogP contribution is -2.51. The number of alkyl halides is 6. The Morgan fingerprint density at radius 3 is 2.19 bits per heavy atom. The highest BCUT2D eigenvalue weighted by Crippen LogP contribution is 2.51. The van der Waals surface area contributed by atoms with Crippen molar-refractivity contribution in [2.24, 2.45) is 0 Å². The summed E-state index contributed by atoms with van der Waals surface area (Å²) in [5.41, 5.74) is -11.5. The van der Waals surface area contributed by atoms with Crippen molar-refractivity contribution in [3.8, 4) is 0 Å². The van der Waals surface area contributed by atoms with Gasteiger partial charge in [0, 0.05) is 17.7 Å². The number of carbonyl (C=O) groups excluding carboxylic acids is 2. The molecular formula is C15H13F6NO5. The van der Waals surface area contributed by atoms with Crippen molar-refractivity contribution in [3.63, 3.8) is 0 Å². The van der Waals surface area contributed by atoms with Crippen molar-refractivity contribution in [2.45, 2.75) is 30.5 Å². The number of methoxy groups -OCH3 is 1. The predicted molar refractivity (Wildman–Crippen MR) is 76.4 cm³/mol. The number of rotatable bonds is 3. The SMILES string of the molecule is CCN1C(=O)[C@](O)(C(F)(F)F)c2cc([C@](O)(C(=O)OC)C(F)(F)F)ccc21. The van der Waals surface area contributed by atoms with Gasteiger partial charge in [-0.05, 0) is 19.1 Å². The molecule has 0 saturated carbocycles. The van der Waals surface area contributed by atoms with E-state index in [2.05, 4.69) is 4.74 Å². The maximum Gasteiger partial charge on any atom is 0.432 e. The second-order valence-electron chi connectivity index (χ2n) is 5.69. The normalized spacial score (nSPS) is 22.4. The molecule has 0 radical (unpaired) electrons. The Labute approximate surface area is 147 Å². The molecule has 12 heteroatoms. The number of anilines is 1. The number of carbonyl (C=O) groups is 2. The third kappa shape index (κ3) is 2.65. The molecule has 1 heterocycles. The van der Waals surface area contributed by atoms with Crippen LogP contribution in [-0.2, 0) is 25.5 Å². The van der Waals surface area contributed by atoms with Crippen molar-refractivity contribution >= 4 is 17.6 Å². The largest absolute Gasteiger partial charge is 0.466 e. The first-order valence-electron chi connectivity index (χ1n) is 7.31. The molecule has 6 nitrogen and oxygen atoms in total. The second-order valence-corrected chi connectivity index (χ2v) is 5.69. The zero-order valence-corrected chi connectivity index (χ0v) is 13.8. The van der Waals surface area contributed by atoms with Crippen molar-refractivity contribution in [1.29, 1.82) is 0 Å². The Kier molecular flexibility index (Phi) is 4.73. The molecule has 0 aliphatic carbocycles. The number of ether oxygens (including phenoxy) is 1. The van der Waals surface area contributed by atoms with Crippen LogP contribution in [0.15, 0.2) is 18.2 Å². The predicted octanol–water partition coefficient (Wildman–Crippen LogP) is 1.73. The molecule has 1 aromatic carbocycles. The highest BCUT2D eigenvalue weighted by atomic mass is 19.4. The summed E-state index contributed by atoms with van der Waals surface area (Å²) in [4.78, 5) is 24.2. The lowest BCUT2D eigenvalue weighted by Gasteiger charge is -2.29. The number of benzene rings is 1. The zero-order chi connectivity index (χ0) is 21.0. The van der Waals surface area contributed by atoms with Crippen LogP contribution in [0.4, 0.5) is 32.0 Å². The van der Waals surface area contributed by atoms with Crippen LogP contribution < -0.4 is 4.90 Å². The smallest absolute Gasteiger partial charge is 0.432 e. The standard InChI is InChI=1S/C15H13F6NO5/c1-3-22-9-5-4-7(12(25,11(24)27-2)14(16,17)18)6-8(9)13(26,10(22)23)15(19,20)21/h4-6,25-26H,3H2,1-2H3/t12-,13-/m0/s1. The first kappa shape index (κ1) is 21.0. The van der Waals surface area contributed by atoms with E-state index in [0.717, 1.165) is 0 Å². The van der Waals surface area contributed by atoms with Crippen molar-refractivity contribution in [3.05, 3.63) is 29.3 Å². The Bertz CT molecular complexity index is 792. The van der Waals surface area contributed by atoms with Gasteiger partial charge in [-0.15, -0.1) is 0 Å². The molecular weight excluding hydrogens is 388 g/mol. The molecule has 0 unspecified atom stereocenters. The van der Waals surface area contributed by atoms with Gasteiger partial charge in [0.05, 0.1) is 12.8 Å². The van der Waals surface area contributed by atoms with E-state index in [4.69, 9.17) is 0 Å². The van der Waals surface area contributed by atoms with Gasteiger partial charge in [-0.1, -0.05) is 6.07 Å². The number of amides is 1. The quantitative estimate of drug-likeness (QED) is 0.595. The number of likely N-dealkylation sites (N-methyl/N-ethyl adjacent to an activating group) is 1. The third-order valence-corrected chi connectivity index (χ3v) is 4.27. The van der Waals surface area contributed by atoms with Gasteiger partial charge in [-0.2, -0.15) is 26.3 Å². The minimum atomic E-state index is -5.66. The molecule has 1 aromatic rings. The molecule has 2 N–H and O–H groups in total. The highest BCUT2D eigenvalue weighted by molar-refractivity contribution is 6.07. The number of aliphatic hydroxyl groups is 2. The summed E-state index contributed by atoms with van der Waals surface area (Å²) < 4.78 is 84.1. The van der Waals surface area contributed by atoms with Crippen LogP contribution in [0.5, 0.6) is 0 Å². The fraction of sp³-hybridized carbons (Fsp3) is 0.467. The van der Waals surface area contributed by atoms with Crippen molar-refractivity contribution in [2.75, 3.05) is 18.6 Å². The minimum Gasteiger partial charge on any atom is -0.466 e. The van der Waals surface area contributed by atoms with Gasteiger partial charge in [-0.25, -0.2) is 4.79 Å². The van der Waals surface area contributed by atoms with E-state index < -0.39 is 52.2 Å². The van der Waals surface area contributed by atoms with E-state index in [1.807, 2.05) is 0 Å². The monoisotopic (exact) mass is 401 g/mol. The van der Waals surface area contributed by atoms with Crippen molar-refractivity contribution < 1.29 is 50.9 Å². The molecule has 1 amide bonds. The summed E-state index contributed by atoms with van der Waals surface area (Å²) in [7, 11) is 0.542. The number of fused-ring (bicyclic) bond motifs is 1. The molecule has 2 atom stereocenters. The Morgan fingerprint density at radius 1 is 1.22 bits per heavy atom. The van der Waals surface area contributed by atoms with E-state index in [1.165, 1.54) is 6.92 Å². The number of halogens is 6. The summed E-state index contributed by atoms with van der Waals surface area (Å²) in [6.07, 6.45) is -11.2. The van der Waals surface area contributed by atoms with Gasteiger partial charge in [-0.3, -0.25) is 4.79 Å². The summed E-state index contributed by atoms with van der Waals surface area (Å²) in [5.74, 6) is -4.00. The Hall–Kier alpha value is -2.34. The average Bonchev–Trinajstić information content (AvgIpc) is 2.80. The summed E-state index contributed by atoms with van der Waals surface area (Å²) in [5, 5.41) is 20.0. The van der Waals surface area contributed by atoms with E-state index in [9.17, 15) is 46.1 Å². The third-order valence-electron chi connectivity index (χ3n) is 4.27. The Morgan fingerprint density at radius 2 is 1.78 bits per heavy atom.